The lowest BCUT2D eigenvalue weighted by Crippen LogP contribution is -2.23. The number of carboxylic acids is 1. The Morgan fingerprint density at radius 1 is 1.60 bits per heavy atom. The van der Waals surface area contributed by atoms with Crippen molar-refractivity contribution in [3.63, 3.8) is 0 Å². The van der Waals surface area contributed by atoms with Gasteiger partial charge in [-0.1, -0.05) is 0 Å². The molecule has 0 aliphatic heterocycles. The highest BCUT2D eigenvalue weighted by atomic mass is 32.1. The van der Waals surface area contributed by atoms with E-state index < -0.39 is 11.4 Å². The number of thiol groups is 1. The van der Waals surface area contributed by atoms with Crippen LogP contribution in [-0.4, -0.2) is 16.8 Å². The highest BCUT2D eigenvalue weighted by Crippen LogP contribution is 2.22. The van der Waals surface area contributed by atoms with Crippen LogP contribution in [0.15, 0.2) is 0 Å². The molecule has 0 atom stereocenters. The quantitative estimate of drug-likeness (QED) is 0.619. The SMILES string of the molecule is CC(C)(CCCS)C(=O)O. The van der Waals surface area contributed by atoms with Gasteiger partial charge in [-0.25, -0.2) is 0 Å². The fourth-order valence-corrected chi connectivity index (χ4v) is 0.786. The third-order valence-electron chi connectivity index (χ3n) is 1.54. The van der Waals surface area contributed by atoms with Crippen LogP contribution in [0.5, 0.6) is 0 Å². The van der Waals surface area contributed by atoms with Gasteiger partial charge < -0.3 is 5.11 Å². The second-order valence-electron chi connectivity index (χ2n) is 3.02. The lowest BCUT2D eigenvalue weighted by atomic mass is 9.88. The van der Waals surface area contributed by atoms with Gasteiger partial charge in [-0.2, -0.15) is 12.6 Å². The summed E-state index contributed by atoms with van der Waals surface area (Å²) < 4.78 is 0. The van der Waals surface area contributed by atoms with E-state index in [4.69, 9.17) is 5.11 Å². The van der Waals surface area contributed by atoms with E-state index in [2.05, 4.69) is 12.6 Å². The Labute approximate surface area is 67.0 Å². The number of hydrogen-bond acceptors (Lipinski definition) is 2. The number of carboxylic acid groups (broad SMARTS) is 1. The van der Waals surface area contributed by atoms with Crippen molar-refractivity contribution in [2.24, 2.45) is 5.41 Å². The van der Waals surface area contributed by atoms with E-state index in [9.17, 15) is 4.79 Å². The molecule has 10 heavy (non-hydrogen) atoms. The molecule has 0 radical (unpaired) electrons. The van der Waals surface area contributed by atoms with E-state index >= 15 is 0 Å². The van der Waals surface area contributed by atoms with Gasteiger partial charge in [-0.3, -0.25) is 4.79 Å². The summed E-state index contributed by atoms with van der Waals surface area (Å²) in [5, 5.41) is 8.64. The van der Waals surface area contributed by atoms with Crippen molar-refractivity contribution < 1.29 is 9.90 Å². The number of aliphatic carboxylic acids is 1. The van der Waals surface area contributed by atoms with Crippen molar-refractivity contribution in [2.75, 3.05) is 5.75 Å². The molecule has 1 N–H and O–H groups in total. The highest BCUT2D eigenvalue weighted by molar-refractivity contribution is 7.80. The molecule has 0 aromatic carbocycles. The molecule has 0 bridgehead atoms. The maximum Gasteiger partial charge on any atom is 0.309 e. The number of hydrogen-bond donors (Lipinski definition) is 2. The molecule has 0 amide bonds. The molecule has 0 saturated carbocycles. The number of carbonyl (C=O) groups is 1. The Balaban J connectivity index is 3.75. The van der Waals surface area contributed by atoms with Gasteiger partial charge in [0.1, 0.15) is 0 Å². The minimum atomic E-state index is -0.728. The van der Waals surface area contributed by atoms with Gasteiger partial charge in [-0.05, 0) is 32.4 Å². The van der Waals surface area contributed by atoms with E-state index in [0.29, 0.717) is 6.42 Å². The van der Waals surface area contributed by atoms with Gasteiger partial charge in [0.2, 0.25) is 0 Å². The zero-order valence-electron chi connectivity index (χ0n) is 6.42. The second kappa shape index (κ2) is 3.86. The Kier molecular flexibility index (Phi) is 3.79. The largest absolute Gasteiger partial charge is 0.481 e. The molecule has 0 saturated heterocycles. The topological polar surface area (TPSA) is 37.3 Å². The molecule has 0 unspecified atom stereocenters. The van der Waals surface area contributed by atoms with Crippen LogP contribution in [0, 0.1) is 5.41 Å². The predicted molar refractivity (Wildman–Crippen MR) is 44.5 cm³/mol. The van der Waals surface area contributed by atoms with Crippen molar-refractivity contribution >= 4 is 18.6 Å². The Morgan fingerprint density at radius 2 is 2.10 bits per heavy atom. The molecular weight excluding hydrogens is 148 g/mol. The summed E-state index contributed by atoms with van der Waals surface area (Å²) in [4.78, 5) is 10.5. The normalized spacial score (nSPS) is 11.5. The van der Waals surface area contributed by atoms with Crippen LogP contribution in [0.3, 0.4) is 0 Å². The zero-order chi connectivity index (χ0) is 8.20. The van der Waals surface area contributed by atoms with Gasteiger partial charge in [0.05, 0.1) is 5.41 Å². The minimum absolute atomic E-state index is 0.581. The third kappa shape index (κ3) is 3.11. The number of rotatable bonds is 4. The summed E-state index contributed by atoms with van der Waals surface area (Å²) in [7, 11) is 0. The van der Waals surface area contributed by atoms with Crippen LogP contribution >= 0.6 is 12.6 Å². The Hall–Kier alpha value is -0.180. The molecule has 3 heteroatoms. The minimum Gasteiger partial charge on any atom is -0.481 e. The molecule has 0 rings (SSSR count). The van der Waals surface area contributed by atoms with Crippen LogP contribution in [0.25, 0.3) is 0 Å². The first-order chi connectivity index (χ1) is 4.50. The lowest BCUT2D eigenvalue weighted by molar-refractivity contribution is -0.147. The van der Waals surface area contributed by atoms with Gasteiger partial charge in [0.15, 0.2) is 0 Å². The van der Waals surface area contributed by atoms with Gasteiger partial charge >= 0.3 is 5.97 Å². The predicted octanol–water partition coefficient (Wildman–Crippen LogP) is 1.81. The highest BCUT2D eigenvalue weighted by Gasteiger charge is 2.25. The fraction of sp³-hybridized carbons (Fsp3) is 0.857. The second-order valence-corrected chi connectivity index (χ2v) is 3.46. The van der Waals surface area contributed by atoms with E-state index in [1.54, 1.807) is 13.8 Å². The van der Waals surface area contributed by atoms with Crippen LogP contribution in [0.1, 0.15) is 26.7 Å². The molecule has 0 heterocycles. The molecule has 0 spiro atoms. The maximum absolute atomic E-state index is 10.5. The molecular formula is C7H14O2S. The summed E-state index contributed by atoms with van der Waals surface area (Å²) in [6.07, 6.45) is 1.56. The lowest BCUT2D eigenvalue weighted by Gasteiger charge is -2.17. The average molecular weight is 162 g/mol. The van der Waals surface area contributed by atoms with E-state index in [-0.39, 0.29) is 0 Å². The smallest absolute Gasteiger partial charge is 0.309 e. The van der Waals surface area contributed by atoms with Crippen LogP contribution in [-0.2, 0) is 4.79 Å². The third-order valence-corrected chi connectivity index (χ3v) is 1.86. The Morgan fingerprint density at radius 3 is 2.40 bits per heavy atom. The first kappa shape index (κ1) is 9.82. The summed E-state index contributed by atoms with van der Waals surface area (Å²) in [5.74, 6) is 0.0331. The zero-order valence-corrected chi connectivity index (χ0v) is 7.32. The molecule has 0 aromatic heterocycles. The average Bonchev–Trinajstić information content (AvgIpc) is 1.84. The summed E-state index contributed by atoms with van der Waals surface area (Å²) >= 11 is 4.01. The van der Waals surface area contributed by atoms with Crippen LogP contribution in [0.4, 0.5) is 0 Å². The summed E-state index contributed by atoms with van der Waals surface area (Å²) in [6.45, 7) is 3.47. The van der Waals surface area contributed by atoms with Gasteiger partial charge in [0, 0.05) is 0 Å². The summed E-state index contributed by atoms with van der Waals surface area (Å²) in [6, 6.07) is 0. The molecule has 0 aromatic rings. The van der Waals surface area contributed by atoms with E-state index in [0.717, 1.165) is 12.2 Å². The fourth-order valence-electron chi connectivity index (χ4n) is 0.628. The van der Waals surface area contributed by atoms with Crippen molar-refractivity contribution in [1.82, 2.24) is 0 Å². The van der Waals surface area contributed by atoms with Crippen molar-refractivity contribution in [1.29, 1.82) is 0 Å². The van der Waals surface area contributed by atoms with Gasteiger partial charge in [-0.15, -0.1) is 0 Å². The summed E-state index contributed by atoms with van der Waals surface area (Å²) in [5.41, 5.74) is -0.581. The monoisotopic (exact) mass is 162 g/mol. The molecule has 0 aliphatic carbocycles. The van der Waals surface area contributed by atoms with Crippen molar-refractivity contribution in [2.45, 2.75) is 26.7 Å². The van der Waals surface area contributed by atoms with E-state index in [1.165, 1.54) is 0 Å². The standard InChI is InChI=1S/C7H14O2S/c1-7(2,6(8)9)4-3-5-10/h10H,3-5H2,1-2H3,(H,8,9). The first-order valence-corrected chi connectivity index (χ1v) is 3.98. The van der Waals surface area contributed by atoms with Crippen molar-refractivity contribution in [3.05, 3.63) is 0 Å². The molecule has 0 aliphatic rings. The van der Waals surface area contributed by atoms with Crippen LogP contribution in [0.2, 0.25) is 0 Å². The molecule has 0 fully saturated rings. The first-order valence-electron chi connectivity index (χ1n) is 3.35. The van der Waals surface area contributed by atoms with Crippen LogP contribution < -0.4 is 0 Å². The van der Waals surface area contributed by atoms with Crippen molar-refractivity contribution in [3.8, 4) is 0 Å². The van der Waals surface area contributed by atoms with E-state index in [1.807, 2.05) is 0 Å². The molecule has 60 valence electrons. The maximum atomic E-state index is 10.5. The van der Waals surface area contributed by atoms with Gasteiger partial charge in [0.25, 0.3) is 0 Å². The Bertz CT molecular complexity index is 121. The molecule has 2 nitrogen and oxygen atoms in total.